The summed E-state index contributed by atoms with van der Waals surface area (Å²) in [5.41, 5.74) is 1.31. The molecule has 4 aromatic rings. The van der Waals surface area contributed by atoms with Gasteiger partial charge in [0.05, 0.1) is 12.1 Å². The number of hydrogen-bond acceptors (Lipinski definition) is 6. The van der Waals surface area contributed by atoms with Crippen molar-refractivity contribution in [2.24, 2.45) is 0 Å². The lowest BCUT2D eigenvalue weighted by molar-refractivity contribution is 0.0667. The SMILES string of the molecule is CO.O=Cc1cn2c(c(OCc3ccccc3)c1=O)C(=O)N(Cc1ccc(F)cc1)CN2Cc1ccc(F)cc1. The molecule has 0 spiro atoms. The number of carbonyl (C=O) groups is 2. The number of fused-ring (bicyclic) bond motifs is 1. The van der Waals surface area contributed by atoms with Crippen LogP contribution in [0.1, 0.15) is 37.5 Å². The molecule has 2 heterocycles. The summed E-state index contributed by atoms with van der Waals surface area (Å²) in [5, 5.41) is 8.75. The minimum Gasteiger partial charge on any atom is -0.482 e. The number of aldehydes is 1. The van der Waals surface area contributed by atoms with E-state index in [4.69, 9.17) is 9.84 Å². The molecule has 1 amide bonds. The van der Waals surface area contributed by atoms with Gasteiger partial charge in [0.2, 0.25) is 5.43 Å². The van der Waals surface area contributed by atoms with Gasteiger partial charge < -0.3 is 14.7 Å². The number of rotatable bonds is 8. The predicted molar refractivity (Wildman–Crippen MR) is 144 cm³/mol. The van der Waals surface area contributed by atoms with Gasteiger partial charge in [0.1, 0.15) is 24.9 Å². The van der Waals surface area contributed by atoms with Crippen molar-refractivity contribution in [2.75, 3.05) is 18.8 Å². The normalized spacial score (nSPS) is 12.3. The fourth-order valence-electron chi connectivity index (χ4n) is 4.30. The molecule has 0 saturated heterocycles. The number of aliphatic hydroxyl groups excluding tert-OH is 1. The minimum atomic E-state index is -0.694. The lowest BCUT2D eigenvalue weighted by atomic mass is 10.1. The van der Waals surface area contributed by atoms with Crippen molar-refractivity contribution in [1.29, 1.82) is 0 Å². The number of halogens is 2. The molecule has 206 valence electrons. The van der Waals surface area contributed by atoms with E-state index in [0.717, 1.165) is 18.2 Å². The van der Waals surface area contributed by atoms with Crippen LogP contribution in [0, 0.1) is 11.6 Å². The number of hydrogen-bond donors (Lipinski definition) is 1. The van der Waals surface area contributed by atoms with Gasteiger partial charge in [-0.05, 0) is 41.0 Å². The molecule has 0 unspecified atom stereocenters. The van der Waals surface area contributed by atoms with E-state index in [1.165, 1.54) is 40.0 Å². The second-order valence-corrected chi connectivity index (χ2v) is 8.89. The van der Waals surface area contributed by atoms with Gasteiger partial charge in [0.15, 0.2) is 17.7 Å². The van der Waals surface area contributed by atoms with Crippen molar-refractivity contribution in [2.45, 2.75) is 19.7 Å². The van der Waals surface area contributed by atoms with E-state index in [1.807, 2.05) is 30.3 Å². The zero-order valence-corrected chi connectivity index (χ0v) is 21.7. The highest BCUT2D eigenvalue weighted by molar-refractivity contribution is 5.97. The molecule has 0 bridgehead atoms. The smallest absolute Gasteiger partial charge is 0.278 e. The number of aromatic nitrogens is 1. The number of aliphatic hydroxyl groups is 1. The lowest BCUT2D eigenvalue weighted by Gasteiger charge is -2.40. The first-order chi connectivity index (χ1) is 19.4. The minimum absolute atomic E-state index is 0.00853. The van der Waals surface area contributed by atoms with Gasteiger partial charge in [-0.1, -0.05) is 54.6 Å². The highest BCUT2D eigenvalue weighted by Crippen LogP contribution is 2.25. The third-order valence-corrected chi connectivity index (χ3v) is 6.22. The quantitative estimate of drug-likeness (QED) is 0.337. The average Bonchev–Trinajstić information content (AvgIpc) is 2.98. The van der Waals surface area contributed by atoms with Crippen LogP contribution in [0.25, 0.3) is 0 Å². The van der Waals surface area contributed by atoms with Crippen LogP contribution in [0.3, 0.4) is 0 Å². The first-order valence-electron chi connectivity index (χ1n) is 12.3. The molecule has 1 N–H and O–H groups in total. The molecule has 5 rings (SSSR count). The molecule has 0 fully saturated rings. The Morgan fingerprint density at radius 1 is 0.825 bits per heavy atom. The first kappa shape index (κ1) is 28.2. The van der Waals surface area contributed by atoms with Crippen LogP contribution in [0.15, 0.2) is 89.9 Å². The van der Waals surface area contributed by atoms with Gasteiger partial charge in [-0.2, -0.15) is 0 Å². The standard InChI is InChI=1S/C29H23F2N3O4.CH4O/c30-24-10-6-20(7-11-24)14-32-19-33(15-21-8-12-25(31)13-9-21)34-16-23(17-35)27(36)28(26(34)29(32)37)38-18-22-4-2-1-3-5-22;1-2/h1-13,16-17H,14-15,18-19H2;2H,1H3. The van der Waals surface area contributed by atoms with Crippen LogP contribution in [0.5, 0.6) is 5.75 Å². The topological polar surface area (TPSA) is 92.1 Å². The van der Waals surface area contributed by atoms with Crippen LogP contribution in [0.4, 0.5) is 8.78 Å². The van der Waals surface area contributed by atoms with E-state index < -0.39 is 17.2 Å². The van der Waals surface area contributed by atoms with Crippen molar-refractivity contribution in [3.63, 3.8) is 0 Å². The van der Waals surface area contributed by atoms with Crippen molar-refractivity contribution >= 4 is 12.2 Å². The van der Waals surface area contributed by atoms with Gasteiger partial charge in [0, 0.05) is 19.9 Å². The number of pyridine rings is 1. The monoisotopic (exact) mass is 547 g/mol. The predicted octanol–water partition coefficient (Wildman–Crippen LogP) is 3.88. The van der Waals surface area contributed by atoms with Crippen LogP contribution >= 0.6 is 0 Å². The Hall–Kier alpha value is -4.83. The molecule has 3 aromatic carbocycles. The Labute approximate surface area is 229 Å². The van der Waals surface area contributed by atoms with Crippen molar-refractivity contribution < 1.29 is 28.2 Å². The van der Waals surface area contributed by atoms with Gasteiger partial charge in [-0.3, -0.25) is 24.1 Å². The van der Waals surface area contributed by atoms with E-state index >= 15 is 0 Å². The van der Waals surface area contributed by atoms with E-state index in [-0.39, 0.29) is 49.2 Å². The maximum atomic E-state index is 13.8. The fourth-order valence-corrected chi connectivity index (χ4v) is 4.30. The van der Waals surface area contributed by atoms with Gasteiger partial charge in [0.25, 0.3) is 5.91 Å². The summed E-state index contributed by atoms with van der Waals surface area (Å²) >= 11 is 0. The molecule has 0 aliphatic carbocycles. The Balaban J connectivity index is 0.00000181. The van der Waals surface area contributed by atoms with Crippen molar-refractivity contribution in [1.82, 2.24) is 9.58 Å². The molecular weight excluding hydrogens is 520 g/mol. The molecular formula is C30H27F2N3O5. The number of ether oxygens (including phenoxy) is 1. The van der Waals surface area contributed by atoms with Gasteiger partial charge in [-0.25, -0.2) is 8.78 Å². The summed E-state index contributed by atoms with van der Waals surface area (Å²) in [7, 11) is 1.00. The Morgan fingerprint density at radius 3 is 1.98 bits per heavy atom. The number of amides is 1. The second-order valence-electron chi connectivity index (χ2n) is 8.89. The third kappa shape index (κ3) is 6.24. The van der Waals surface area contributed by atoms with Crippen LogP contribution in [-0.4, -0.2) is 40.7 Å². The van der Waals surface area contributed by atoms with Crippen molar-refractivity contribution in [3.8, 4) is 5.75 Å². The molecule has 10 heteroatoms. The fraction of sp³-hybridized carbons (Fsp3) is 0.167. The van der Waals surface area contributed by atoms with Gasteiger partial charge in [-0.15, -0.1) is 0 Å². The maximum absolute atomic E-state index is 13.8. The van der Waals surface area contributed by atoms with Gasteiger partial charge >= 0.3 is 0 Å². The highest BCUT2D eigenvalue weighted by Gasteiger charge is 2.34. The highest BCUT2D eigenvalue weighted by atomic mass is 19.1. The molecule has 0 radical (unpaired) electrons. The van der Waals surface area contributed by atoms with E-state index in [9.17, 15) is 23.2 Å². The largest absolute Gasteiger partial charge is 0.482 e. The summed E-state index contributed by atoms with van der Waals surface area (Å²) in [5.74, 6) is -1.50. The Kier molecular flexibility index (Phi) is 9.03. The van der Waals surface area contributed by atoms with Crippen LogP contribution in [-0.2, 0) is 19.7 Å². The van der Waals surface area contributed by atoms with Crippen molar-refractivity contribution in [3.05, 3.63) is 135 Å². The lowest BCUT2D eigenvalue weighted by Crippen LogP contribution is -2.53. The third-order valence-electron chi connectivity index (χ3n) is 6.22. The van der Waals surface area contributed by atoms with Crippen LogP contribution < -0.4 is 15.2 Å². The Bertz CT molecular complexity index is 1520. The zero-order valence-electron chi connectivity index (χ0n) is 21.7. The average molecular weight is 548 g/mol. The molecule has 40 heavy (non-hydrogen) atoms. The summed E-state index contributed by atoms with van der Waals surface area (Å²) in [4.78, 5) is 40.3. The molecule has 0 saturated carbocycles. The summed E-state index contributed by atoms with van der Waals surface area (Å²) in [6, 6.07) is 20.8. The van der Waals surface area contributed by atoms with E-state index in [1.54, 1.807) is 29.3 Å². The maximum Gasteiger partial charge on any atom is 0.278 e. The summed E-state index contributed by atoms with van der Waals surface area (Å²) in [6.07, 6.45) is 1.74. The molecule has 1 aliphatic rings. The molecule has 1 aliphatic heterocycles. The van der Waals surface area contributed by atoms with E-state index in [0.29, 0.717) is 11.8 Å². The van der Waals surface area contributed by atoms with Crippen LogP contribution in [0.2, 0.25) is 0 Å². The number of carbonyl (C=O) groups excluding carboxylic acids is 2. The second kappa shape index (κ2) is 12.8. The first-order valence-corrected chi connectivity index (χ1v) is 12.3. The number of benzene rings is 3. The number of nitrogens with zero attached hydrogens (tertiary/aromatic N) is 3. The molecule has 0 atom stereocenters. The molecule has 8 nitrogen and oxygen atoms in total. The summed E-state index contributed by atoms with van der Waals surface area (Å²) < 4.78 is 34.3. The Morgan fingerprint density at radius 2 is 1.40 bits per heavy atom. The summed E-state index contributed by atoms with van der Waals surface area (Å²) in [6.45, 7) is 0.467. The molecule has 1 aromatic heterocycles. The van der Waals surface area contributed by atoms with E-state index in [2.05, 4.69) is 0 Å². The zero-order chi connectivity index (χ0) is 28.6.